The number of nitrogens with two attached hydrogens (primary N) is 1. The van der Waals surface area contributed by atoms with Crippen LogP contribution in [0.5, 0.6) is 5.75 Å². The van der Waals surface area contributed by atoms with Crippen LogP contribution in [0.25, 0.3) is 0 Å². The lowest BCUT2D eigenvalue weighted by atomic mass is 9.94. The minimum atomic E-state index is -0.260. The van der Waals surface area contributed by atoms with Crippen molar-refractivity contribution >= 4 is 5.82 Å². The fourth-order valence-corrected chi connectivity index (χ4v) is 2.08. The van der Waals surface area contributed by atoms with Crippen LogP contribution in [0.4, 0.5) is 5.82 Å². The maximum Gasteiger partial charge on any atom is 0.295 e. The Morgan fingerprint density at radius 2 is 2.41 bits per heavy atom. The third-order valence-electron chi connectivity index (χ3n) is 3.31. The highest BCUT2D eigenvalue weighted by Gasteiger charge is 2.26. The molecule has 1 aromatic heterocycles. The molecule has 6 nitrogen and oxygen atoms in total. The number of aromatic amines is 1. The van der Waals surface area contributed by atoms with Crippen LogP contribution in [0.15, 0.2) is 11.1 Å². The highest BCUT2D eigenvalue weighted by molar-refractivity contribution is 5.51. The van der Waals surface area contributed by atoms with E-state index < -0.39 is 0 Å². The van der Waals surface area contributed by atoms with Gasteiger partial charge in [-0.25, -0.2) is 4.98 Å². The maximum absolute atomic E-state index is 11.6. The number of aromatic nitrogens is 2. The molecule has 0 aliphatic carbocycles. The van der Waals surface area contributed by atoms with Crippen LogP contribution < -0.4 is 20.9 Å². The molecule has 2 rings (SSSR count). The Bertz CT molecular complexity index is 445. The summed E-state index contributed by atoms with van der Waals surface area (Å²) in [6.07, 6.45) is 2.39. The van der Waals surface area contributed by atoms with Gasteiger partial charge in [0.25, 0.3) is 5.56 Å². The maximum atomic E-state index is 11.6. The number of rotatable bonds is 2. The average molecular weight is 238 g/mol. The van der Waals surface area contributed by atoms with Crippen LogP contribution in [0.1, 0.15) is 13.3 Å². The first-order chi connectivity index (χ1) is 8.13. The molecular formula is C11H18N4O2. The van der Waals surface area contributed by atoms with Gasteiger partial charge in [0.15, 0.2) is 5.82 Å². The third-order valence-corrected chi connectivity index (χ3v) is 3.31. The topological polar surface area (TPSA) is 84.2 Å². The van der Waals surface area contributed by atoms with E-state index >= 15 is 0 Å². The van der Waals surface area contributed by atoms with Gasteiger partial charge < -0.3 is 20.4 Å². The van der Waals surface area contributed by atoms with Crippen LogP contribution in [0.3, 0.4) is 0 Å². The molecule has 2 heterocycles. The monoisotopic (exact) mass is 238 g/mol. The van der Waals surface area contributed by atoms with Crippen molar-refractivity contribution in [3.05, 3.63) is 16.7 Å². The summed E-state index contributed by atoms with van der Waals surface area (Å²) in [5, 5.41) is 0. The summed E-state index contributed by atoms with van der Waals surface area (Å²) in [4.78, 5) is 20.3. The molecule has 0 spiro atoms. The average Bonchev–Trinajstić information content (AvgIpc) is 2.32. The number of piperidine rings is 1. The van der Waals surface area contributed by atoms with Gasteiger partial charge in [0.05, 0.1) is 13.4 Å². The summed E-state index contributed by atoms with van der Waals surface area (Å²) in [6.45, 7) is 3.69. The molecular weight excluding hydrogens is 220 g/mol. The summed E-state index contributed by atoms with van der Waals surface area (Å²) in [6, 6.07) is 0.106. The molecule has 1 aromatic rings. The second-order valence-electron chi connectivity index (χ2n) is 4.46. The van der Waals surface area contributed by atoms with Crippen molar-refractivity contribution in [3.63, 3.8) is 0 Å². The number of hydrogen-bond donors (Lipinski definition) is 2. The van der Waals surface area contributed by atoms with E-state index in [1.54, 1.807) is 0 Å². The first kappa shape index (κ1) is 11.9. The summed E-state index contributed by atoms with van der Waals surface area (Å²) in [5.41, 5.74) is 5.78. The molecule has 2 atom stereocenters. The number of nitrogens with one attached hydrogen (secondary N) is 1. The first-order valence-electron chi connectivity index (χ1n) is 5.75. The molecule has 1 saturated heterocycles. The van der Waals surface area contributed by atoms with Crippen molar-refractivity contribution in [3.8, 4) is 5.75 Å². The molecule has 0 amide bonds. The normalized spacial score (nSPS) is 24.8. The number of H-pyrrole nitrogens is 1. The van der Waals surface area contributed by atoms with E-state index in [0.717, 1.165) is 13.0 Å². The van der Waals surface area contributed by atoms with Crippen molar-refractivity contribution < 1.29 is 4.74 Å². The smallest absolute Gasteiger partial charge is 0.295 e. The molecule has 0 saturated carbocycles. The minimum Gasteiger partial charge on any atom is -0.489 e. The predicted octanol–water partition coefficient (Wildman–Crippen LogP) is -0.0480. The SMILES string of the molecule is COc1c(N2CCC(C)C(N)C2)nc[nH]c1=O. The Morgan fingerprint density at radius 1 is 1.65 bits per heavy atom. The van der Waals surface area contributed by atoms with E-state index in [0.29, 0.717) is 18.3 Å². The molecule has 0 radical (unpaired) electrons. The van der Waals surface area contributed by atoms with Crippen LogP contribution in [-0.4, -0.2) is 36.2 Å². The van der Waals surface area contributed by atoms with Crippen molar-refractivity contribution in [2.45, 2.75) is 19.4 Å². The highest BCUT2D eigenvalue weighted by atomic mass is 16.5. The summed E-state index contributed by atoms with van der Waals surface area (Å²) < 4.78 is 5.10. The van der Waals surface area contributed by atoms with Crippen molar-refractivity contribution in [1.29, 1.82) is 0 Å². The lowest BCUT2D eigenvalue weighted by molar-refractivity contribution is 0.368. The zero-order chi connectivity index (χ0) is 12.4. The van der Waals surface area contributed by atoms with E-state index in [4.69, 9.17) is 10.5 Å². The second-order valence-corrected chi connectivity index (χ2v) is 4.46. The van der Waals surface area contributed by atoms with E-state index in [-0.39, 0.29) is 17.4 Å². The van der Waals surface area contributed by atoms with Crippen LogP contribution >= 0.6 is 0 Å². The molecule has 94 valence electrons. The number of methoxy groups -OCH3 is 1. The van der Waals surface area contributed by atoms with Gasteiger partial charge in [-0.2, -0.15) is 0 Å². The van der Waals surface area contributed by atoms with Crippen LogP contribution in [-0.2, 0) is 0 Å². The third kappa shape index (κ3) is 2.26. The quantitative estimate of drug-likeness (QED) is 0.754. The van der Waals surface area contributed by atoms with Gasteiger partial charge in [0.2, 0.25) is 5.75 Å². The van der Waals surface area contributed by atoms with E-state index in [1.807, 2.05) is 4.90 Å². The van der Waals surface area contributed by atoms with E-state index in [2.05, 4.69) is 16.9 Å². The van der Waals surface area contributed by atoms with Crippen molar-refractivity contribution in [2.24, 2.45) is 11.7 Å². The van der Waals surface area contributed by atoms with Gasteiger partial charge >= 0.3 is 0 Å². The zero-order valence-electron chi connectivity index (χ0n) is 10.1. The molecule has 17 heavy (non-hydrogen) atoms. The lowest BCUT2D eigenvalue weighted by Crippen LogP contribution is -2.48. The Labute approximate surface area is 99.8 Å². The number of nitrogens with zero attached hydrogens (tertiary/aromatic N) is 2. The zero-order valence-corrected chi connectivity index (χ0v) is 10.1. The number of ether oxygens (including phenoxy) is 1. The standard InChI is InChI=1S/C11H18N4O2/c1-7-3-4-15(5-8(7)12)10-9(17-2)11(16)14-6-13-10/h6-8H,3-5,12H2,1-2H3,(H,13,14,16). The molecule has 3 N–H and O–H groups in total. The molecule has 6 heteroatoms. The van der Waals surface area contributed by atoms with Gasteiger partial charge in [-0.15, -0.1) is 0 Å². The van der Waals surface area contributed by atoms with Gasteiger partial charge in [-0.05, 0) is 12.3 Å². The molecule has 0 bridgehead atoms. The summed E-state index contributed by atoms with van der Waals surface area (Å²) in [5.74, 6) is 1.34. The fraction of sp³-hybridized carbons (Fsp3) is 0.636. The van der Waals surface area contributed by atoms with Crippen LogP contribution in [0, 0.1) is 5.92 Å². The number of hydrogen-bond acceptors (Lipinski definition) is 5. The predicted molar refractivity (Wildman–Crippen MR) is 65.4 cm³/mol. The first-order valence-corrected chi connectivity index (χ1v) is 5.75. The lowest BCUT2D eigenvalue weighted by Gasteiger charge is -2.35. The van der Waals surface area contributed by atoms with Crippen LogP contribution in [0.2, 0.25) is 0 Å². The Kier molecular flexibility index (Phi) is 3.33. The Hall–Kier alpha value is -1.56. The van der Waals surface area contributed by atoms with Crippen molar-refractivity contribution in [1.82, 2.24) is 9.97 Å². The fourth-order valence-electron chi connectivity index (χ4n) is 2.08. The van der Waals surface area contributed by atoms with E-state index in [1.165, 1.54) is 13.4 Å². The second kappa shape index (κ2) is 4.75. The summed E-state index contributed by atoms with van der Waals surface area (Å²) >= 11 is 0. The van der Waals surface area contributed by atoms with Crippen molar-refractivity contribution in [2.75, 3.05) is 25.1 Å². The Morgan fingerprint density at radius 3 is 3.06 bits per heavy atom. The Balaban J connectivity index is 2.29. The van der Waals surface area contributed by atoms with Gasteiger partial charge in [0.1, 0.15) is 0 Å². The molecule has 1 fully saturated rings. The number of anilines is 1. The molecule has 1 aliphatic rings. The molecule has 2 unspecified atom stereocenters. The van der Waals surface area contributed by atoms with E-state index in [9.17, 15) is 4.79 Å². The van der Waals surface area contributed by atoms with Gasteiger partial charge in [0, 0.05) is 19.1 Å². The minimum absolute atomic E-state index is 0.106. The van der Waals surface area contributed by atoms with Gasteiger partial charge in [-0.1, -0.05) is 6.92 Å². The largest absolute Gasteiger partial charge is 0.489 e. The molecule has 0 aromatic carbocycles. The highest BCUT2D eigenvalue weighted by Crippen LogP contribution is 2.25. The van der Waals surface area contributed by atoms with Gasteiger partial charge in [-0.3, -0.25) is 4.79 Å². The molecule has 1 aliphatic heterocycles. The summed E-state index contributed by atoms with van der Waals surface area (Å²) in [7, 11) is 1.47.